The number of nitrogens with one attached hydrogen (secondary N) is 1. The highest BCUT2D eigenvalue weighted by Crippen LogP contribution is 2.39. The molecule has 1 atom stereocenters. The van der Waals surface area contributed by atoms with Gasteiger partial charge in [-0.25, -0.2) is 18.6 Å². The van der Waals surface area contributed by atoms with Crippen LogP contribution in [-0.2, 0) is 22.9 Å². The van der Waals surface area contributed by atoms with Crippen LogP contribution in [0.2, 0.25) is 0 Å². The number of benzene rings is 2. The van der Waals surface area contributed by atoms with Crippen LogP contribution in [0.3, 0.4) is 0 Å². The average molecular weight is 518 g/mol. The molecule has 2 aromatic heterocycles. The zero-order valence-corrected chi connectivity index (χ0v) is 19.9. The predicted molar refractivity (Wildman–Crippen MR) is 132 cm³/mol. The first-order valence-corrected chi connectivity index (χ1v) is 12.7. The molecule has 1 fully saturated rings. The Kier molecular flexibility index (Phi) is 6.42. The van der Waals surface area contributed by atoms with Crippen LogP contribution in [0.5, 0.6) is 0 Å². The Hall–Kier alpha value is -3.47. The van der Waals surface area contributed by atoms with Crippen molar-refractivity contribution in [3.8, 4) is 11.1 Å². The number of hydrogen-bond donors (Lipinski definition) is 2. The summed E-state index contributed by atoms with van der Waals surface area (Å²) >= 11 is 0. The maximum absolute atomic E-state index is 15.0. The Morgan fingerprint density at radius 2 is 1.89 bits per heavy atom. The van der Waals surface area contributed by atoms with Gasteiger partial charge in [0.05, 0.1) is 22.4 Å². The van der Waals surface area contributed by atoms with Gasteiger partial charge in [-0.15, -0.1) is 0 Å². The topological polar surface area (TPSA) is 85.8 Å². The second kappa shape index (κ2) is 9.53. The summed E-state index contributed by atoms with van der Waals surface area (Å²) < 4.78 is 71.0. The summed E-state index contributed by atoms with van der Waals surface area (Å²) in [7, 11) is -1.84. The van der Waals surface area contributed by atoms with Crippen molar-refractivity contribution in [3.05, 3.63) is 71.9 Å². The summed E-state index contributed by atoms with van der Waals surface area (Å²) in [5, 5.41) is 0.651. The van der Waals surface area contributed by atoms with E-state index in [2.05, 4.69) is 19.3 Å². The summed E-state index contributed by atoms with van der Waals surface area (Å²) in [5.41, 5.74) is 7.51. The first-order chi connectivity index (χ1) is 17.2. The zero-order chi connectivity index (χ0) is 25.4. The van der Waals surface area contributed by atoms with Gasteiger partial charge in [-0.2, -0.15) is 13.2 Å². The van der Waals surface area contributed by atoms with E-state index < -0.39 is 28.5 Å². The van der Waals surface area contributed by atoms with Gasteiger partial charge in [0, 0.05) is 17.8 Å². The lowest BCUT2D eigenvalue weighted by molar-refractivity contribution is -0.137. The fraction of sp³-hybridized carbons (Fsp3) is 0.280. The molecule has 1 aliphatic carbocycles. The molecule has 36 heavy (non-hydrogen) atoms. The Balaban J connectivity index is 1.40. The van der Waals surface area contributed by atoms with Crippen molar-refractivity contribution in [1.29, 1.82) is 0 Å². The summed E-state index contributed by atoms with van der Waals surface area (Å²) in [6.45, 7) is 0. The quantitative estimate of drug-likeness (QED) is 0.297. The van der Waals surface area contributed by atoms with Gasteiger partial charge in [0.25, 0.3) is 0 Å². The molecule has 0 radical (unpaired) electrons. The van der Waals surface area contributed by atoms with E-state index in [1.165, 1.54) is 30.6 Å². The fourth-order valence-corrected chi connectivity index (χ4v) is 5.67. The van der Waals surface area contributed by atoms with E-state index in [1.807, 2.05) is 6.20 Å². The first-order valence-electron chi connectivity index (χ1n) is 11.4. The molecule has 1 saturated carbocycles. The molecule has 0 aliphatic heterocycles. The van der Waals surface area contributed by atoms with E-state index in [1.54, 1.807) is 6.07 Å². The fourth-order valence-electron chi connectivity index (χ4n) is 4.70. The van der Waals surface area contributed by atoms with Gasteiger partial charge in [0.1, 0.15) is 34.6 Å². The Morgan fingerprint density at radius 1 is 1.11 bits per heavy atom. The molecule has 1 aliphatic rings. The second-order valence-electron chi connectivity index (χ2n) is 8.83. The van der Waals surface area contributed by atoms with E-state index in [9.17, 15) is 17.4 Å². The Bertz CT molecular complexity index is 1450. The number of aromatic nitrogens is 3. The highest BCUT2D eigenvalue weighted by Gasteiger charge is 2.30. The monoisotopic (exact) mass is 517 g/mol. The lowest BCUT2D eigenvalue weighted by atomic mass is 10.1. The summed E-state index contributed by atoms with van der Waals surface area (Å²) in [6.07, 6.45) is 3.17. The van der Waals surface area contributed by atoms with Crippen LogP contribution in [0, 0.1) is 5.82 Å². The van der Waals surface area contributed by atoms with Crippen molar-refractivity contribution in [2.24, 2.45) is 0 Å². The van der Waals surface area contributed by atoms with Crippen molar-refractivity contribution in [3.63, 3.8) is 0 Å². The van der Waals surface area contributed by atoms with E-state index in [0.717, 1.165) is 37.8 Å². The van der Waals surface area contributed by atoms with Gasteiger partial charge in [-0.1, -0.05) is 37.1 Å². The SMILES string of the molecule is Nc1ncnc2c1c(-c1ccc(NS(=O)Cc3cccc(C(F)(F)F)c3)c(F)c1)cn2C1CCCC1. The third-order valence-electron chi connectivity index (χ3n) is 6.41. The number of rotatable bonds is 6. The molecule has 2 heterocycles. The lowest BCUT2D eigenvalue weighted by Crippen LogP contribution is -2.10. The van der Waals surface area contributed by atoms with Crippen molar-refractivity contribution < 1.29 is 21.8 Å². The van der Waals surface area contributed by atoms with Crippen molar-refractivity contribution >= 4 is 33.5 Å². The van der Waals surface area contributed by atoms with E-state index >= 15 is 4.39 Å². The number of alkyl halides is 3. The number of fused-ring (bicyclic) bond motifs is 1. The van der Waals surface area contributed by atoms with Crippen LogP contribution in [0.1, 0.15) is 42.9 Å². The normalized spacial score (nSPS) is 15.4. The molecule has 6 nitrogen and oxygen atoms in total. The largest absolute Gasteiger partial charge is 0.416 e. The Morgan fingerprint density at radius 3 is 2.61 bits per heavy atom. The Labute approximate surface area is 207 Å². The minimum atomic E-state index is -4.50. The zero-order valence-electron chi connectivity index (χ0n) is 19.1. The number of hydrogen-bond acceptors (Lipinski definition) is 4. The molecule has 0 amide bonds. The molecule has 3 N–H and O–H groups in total. The molecule has 1 unspecified atom stereocenters. The van der Waals surface area contributed by atoms with Gasteiger partial charge < -0.3 is 15.0 Å². The van der Waals surface area contributed by atoms with Crippen LogP contribution in [0.25, 0.3) is 22.2 Å². The van der Waals surface area contributed by atoms with Crippen molar-refractivity contribution in [1.82, 2.24) is 14.5 Å². The average Bonchev–Trinajstić information content (AvgIpc) is 3.49. The van der Waals surface area contributed by atoms with E-state index in [-0.39, 0.29) is 17.0 Å². The number of halogens is 4. The van der Waals surface area contributed by atoms with Crippen LogP contribution < -0.4 is 10.5 Å². The molecular formula is C25H23F4N5OS. The molecule has 5 rings (SSSR count). The minimum absolute atomic E-state index is 0.0205. The molecule has 0 bridgehead atoms. The summed E-state index contributed by atoms with van der Waals surface area (Å²) in [6, 6.07) is 9.30. The second-order valence-corrected chi connectivity index (χ2v) is 10.0. The molecular weight excluding hydrogens is 494 g/mol. The third kappa shape index (κ3) is 4.79. The third-order valence-corrected chi connectivity index (χ3v) is 7.46. The predicted octanol–water partition coefficient (Wildman–Crippen LogP) is 6.23. The molecule has 4 aromatic rings. The number of anilines is 2. The van der Waals surface area contributed by atoms with Crippen molar-refractivity contribution in [2.45, 2.75) is 43.7 Å². The van der Waals surface area contributed by atoms with Gasteiger partial charge in [0.2, 0.25) is 0 Å². The molecule has 0 spiro atoms. The molecule has 11 heteroatoms. The maximum atomic E-state index is 15.0. The van der Waals surface area contributed by atoms with Gasteiger partial charge in [-0.05, 0) is 42.2 Å². The highest BCUT2D eigenvalue weighted by molar-refractivity contribution is 7.85. The van der Waals surface area contributed by atoms with Crippen LogP contribution >= 0.6 is 0 Å². The molecule has 2 aromatic carbocycles. The van der Waals surface area contributed by atoms with Gasteiger partial charge in [0.15, 0.2) is 0 Å². The maximum Gasteiger partial charge on any atom is 0.416 e. The summed E-state index contributed by atoms with van der Waals surface area (Å²) in [5.74, 6) is -0.563. The standard InChI is InChI=1S/C25H23F4N5OS/c26-20-11-16(19-12-34(18-6-1-2-7-18)24-22(19)23(30)31-14-32-24)8-9-21(20)33-36(35)13-15-4-3-5-17(10-15)25(27,28)29/h3-5,8-12,14,18,33H,1-2,6-7,13H2,(H2,30,31,32). The lowest BCUT2D eigenvalue weighted by Gasteiger charge is -2.12. The smallest absolute Gasteiger partial charge is 0.383 e. The number of nitrogen functional groups attached to an aromatic ring is 1. The van der Waals surface area contributed by atoms with Crippen LogP contribution in [-0.4, -0.2) is 18.7 Å². The molecule has 0 saturated heterocycles. The summed E-state index contributed by atoms with van der Waals surface area (Å²) in [4.78, 5) is 8.54. The molecule has 188 valence electrons. The number of nitrogens with two attached hydrogens (primary N) is 1. The van der Waals surface area contributed by atoms with E-state index in [0.29, 0.717) is 34.0 Å². The first kappa shape index (κ1) is 24.2. The highest BCUT2D eigenvalue weighted by atomic mass is 32.2. The van der Waals surface area contributed by atoms with Crippen molar-refractivity contribution in [2.75, 3.05) is 10.5 Å². The van der Waals surface area contributed by atoms with Crippen LogP contribution in [0.4, 0.5) is 29.1 Å². The van der Waals surface area contributed by atoms with Gasteiger partial charge >= 0.3 is 6.18 Å². The number of nitrogens with zero attached hydrogens (tertiary/aromatic N) is 3. The van der Waals surface area contributed by atoms with E-state index in [4.69, 9.17) is 5.73 Å². The van der Waals surface area contributed by atoms with Crippen LogP contribution in [0.15, 0.2) is 55.0 Å². The van der Waals surface area contributed by atoms with Gasteiger partial charge in [-0.3, -0.25) is 0 Å². The minimum Gasteiger partial charge on any atom is -0.383 e.